The number of hydrogen-bond acceptors (Lipinski definition) is 3. The fourth-order valence-corrected chi connectivity index (χ4v) is 2.05. The first-order valence-corrected chi connectivity index (χ1v) is 7.24. The zero-order chi connectivity index (χ0) is 14.9. The van der Waals surface area contributed by atoms with Crippen LogP contribution < -0.4 is 10.6 Å². The van der Waals surface area contributed by atoms with Crippen LogP contribution in [0.5, 0.6) is 0 Å². The molecule has 0 aliphatic carbocycles. The Morgan fingerprint density at radius 3 is 2.67 bits per heavy atom. The van der Waals surface area contributed by atoms with E-state index < -0.39 is 0 Å². The summed E-state index contributed by atoms with van der Waals surface area (Å²) >= 11 is 6.06. The lowest BCUT2D eigenvalue weighted by Crippen LogP contribution is -2.27. The summed E-state index contributed by atoms with van der Waals surface area (Å²) in [6.45, 7) is 1.73. The maximum absolute atomic E-state index is 11.7. The third-order valence-corrected chi connectivity index (χ3v) is 3.36. The largest absolute Gasteiger partial charge is 0.350 e. The molecule has 2 aromatic rings. The van der Waals surface area contributed by atoms with Crippen LogP contribution in [0.4, 0.5) is 0 Å². The minimum Gasteiger partial charge on any atom is -0.350 e. The number of rotatable bonds is 7. The van der Waals surface area contributed by atoms with E-state index in [-0.39, 0.29) is 5.91 Å². The quantitative estimate of drug-likeness (QED) is 0.773. The van der Waals surface area contributed by atoms with Crippen molar-refractivity contribution < 1.29 is 4.79 Å². The third kappa shape index (κ3) is 5.53. The van der Waals surface area contributed by atoms with E-state index in [4.69, 9.17) is 11.6 Å². The van der Waals surface area contributed by atoms with E-state index in [1.807, 2.05) is 42.5 Å². The van der Waals surface area contributed by atoms with Gasteiger partial charge in [0.2, 0.25) is 5.91 Å². The van der Waals surface area contributed by atoms with Crippen LogP contribution in [0.1, 0.15) is 17.7 Å². The van der Waals surface area contributed by atoms with Crippen LogP contribution >= 0.6 is 11.6 Å². The number of pyridine rings is 1. The second-order valence-electron chi connectivity index (χ2n) is 4.62. The fourth-order valence-electron chi connectivity index (χ4n) is 1.85. The maximum Gasteiger partial charge on any atom is 0.221 e. The summed E-state index contributed by atoms with van der Waals surface area (Å²) in [5.41, 5.74) is 1.89. The molecule has 0 radical (unpaired) electrons. The van der Waals surface area contributed by atoms with Gasteiger partial charge in [0, 0.05) is 30.7 Å². The Morgan fingerprint density at radius 2 is 1.90 bits per heavy atom. The summed E-state index contributed by atoms with van der Waals surface area (Å²) in [6.07, 6.45) is 2.14. The van der Waals surface area contributed by atoms with Crippen LogP contribution in [0.25, 0.3) is 0 Å². The molecule has 0 saturated carbocycles. The van der Waals surface area contributed by atoms with Crippen molar-refractivity contribution in [3.8, 4) is 0 Å². The number of carbonyl (C=O) groups is 1. The van der Waals surface area contributed by atoms with Gasteiger partial charge in [0.15, 0.2) is 0 Å². The Morgan fingerprint density at radius 1 is 1.10 bits per heavy atom. The predicted molar refractivity (Wildman–Crippen MR) is 83.9 cm³/mol. The van der Waals surface area contributed by atoms with Gasteiger partial charge in [-0.3, -0.25) is 9.78 Å². The third-order valence-electron chi connectivity index (χ3n) is 2.99. The average molecular weight is 304 g/mol. The molecule has 110 valence electrons. The zero-order valence-corrected chi connectivity index (χ0v) is 12.4. The van der Waals surface area contributed by atoms with Crippen molar-refractivity contribution >= 4 is 17.5 Å². The predicted octanol–water partition coefficient (Wildman–Crippen LogP) is 2.53. The van der Waals surface area contributed by atoms with Crippen molar-refractivity contribution in [1.82, 2.24) is 15.6 Å². The second-order valence-corrected chi connectivity index (χ2v) is 5.02. The van der Waals surface area contributed by atoms with Gasteiger partial charge >= 0.3 is 0 Å². The van der Waals surface area contributed by atoms with Crippen LogP contribution in [0, 0.1) is 0 Å². The van der Waals surface area contributed by atoms with Crippen molar-refractivity contribution in [3.63, 3.8) is 0 Å². The molecule has 0 aliphatic rings. The smallest absolute Gasteiger partial charge is 0.221 e. The highest BCUT2D eigenvalue weighted by molar-refractivity contribution is 6.31. The molecule has 0 aliphatic heterocycles. The zero-order valence-electron chi connectivity index (χ0n) is 11.7. The van der Waals surface area contributed by atoms with Gasteiger partial charge in [-0.2, -0.15) is 0 Å². The first-order chi connectivity index (χ1) is 10.3. The second kappa shape index (κ2) is 8.39. The first kappa shape index (κ1) is 15.5. The highest BCUT2D eigenvalue weighted by Crippen LogP contribution is 2.14. The van der Waals surface area contributed by atoms with Crippen LogP contribution in [-0.2, 0) is 17.9 Å². The Balaban J connectivity index is 1.62. The van der Waals surface area contributed by atoms with Crippen LogP contribution in [0.2, 0.25) is 5.02 Å². The van der Waals surface area contributed by atoms with E-state index in [0.717, 1.165) is 16.3 Å². The van der Waals surface area contributed by atoms with Crippen molar-refractivity contribution in [2.75, 3.05) is 6.54 Å². The van der Waals surface area contributed by atoms with Gasteiger partial charge in [-0.05, 0) is 23.8 Å². The lowest BCUT2D eigenvalue weighted by molar-refractivity contribution is -0.121. The van der Waals surface area contributed by atoms with Crippen LogP contribution in [-0.4, -0.2) is 17.4 Å². The SMILES string of the molecule is O=C(CCNCc1ccccc1Cl)NCc1ccccn1. The minimum atomic E-state index is 0.00677. The molecule has 1 amide bonds. The van der Waals surface area contributed by atoms with Crippen molar-refractivity contribution in [2.45, 2.75) is 19.5 Å². The molecule has 4 nitrogen and oxygen atoms in total. The van der Waals surface area contributed by atoms with E-state index in [9.17, 15) is 4.79 Å². The van der Waals surface area contributed by atoms with E-state index in [2.05, 4.69) is 15.6 Å². The molecular weight excluding hydrogens is 286 g/mol. The molecule has 5 heteroatoms. The van der Waals surface area contributed by atoms with E-state index >= 15 is 0 Å². The lowest BCUT2D eigenvalue weighted by Gasteiger charge is -2.07. The molecule has 1 heterocycles. The van der Waals surface area contributed by atoms with Gasteiger partial charge in [-0.15, -0.1) is 0 Å². The molecule has 0 spiro atoms. The molecular formula is C16H18ClN3O. The molecule has 0 saturated heterocycles. The van der Waals surface area contributed by atoms with Crippen molar-refractivity contribution in [2.24, 2.45) is 0 Å². The summed E-state index contributed by atoms with van der Waals surface area (Å²) in [5.74, 6) is 0.00677. The Kier molecular flexibility index (Phi) is 6.19. The first-order valence-electron chi connectivity index (χ1n) is 6.86. The maximum atomic E-state index is 11.7. The molecule has 0 atom stereocenters. The summed E-state index contributed by atoms with van der Waals surface area (Å²) in [4.78, 5) is 15.8. The monoisotopic (exact) mass is 303 g/mol. The number of nitrogens with one attached hydrogen (secondary N) is 2. The van der Waals surface area contributed by atoms with E-state index in [0.29, 0.717) is 26.1 Å². The number of aromatic nitrogens is 1. The van der Waals surface area contributed by atoms with Crippen LogP contribution in [0.3, 0.4) is 0 Å². The molecule has 0 fully saturated rings. The van der Waals surface area contributed by atoms with E-state index in [1.165, 1.54) is 0 Å². The number of amides is 1. The standard InChI is InChI=1S/C16H18ClN3O/c17-15-7-2-1-5-13(15)11-18-10-8-16(21)20-12-14-6-3-4-9-19-14/h1-7,9,18H,8,10-12H2,(H,20,21). The van der Waals surface area contributed by atoms with E-state index in [1.54, 1.807) is 6.20 Å². The topological polar surface area (TPSA) is 54.0 Å². The molecule has 2 N–H and O–H groups in total. The van der Waals surface area contributed by atoms with Gasteiger partial charge in [-0.25, -0.2) is 0 Å². The van der Waals surface area contributed by atoms with Gasteiger partial charge < -0.3 is 10.6 Å². The lowest BCUT2D eigenvalue weighted by atomic mass is 10.2. The van der Waals surface area contributed by atoms with Gasteiger partial charge in [-0.1, -0.05) is 35.9 Å². The highest BCUT2D eigenvalue weighted by Gasteiger charge is 2.02. The number of carbonyl (C=O) groups excluding carboxylic acids is 1. The minimum absolute atomic E-state index is 0.00677. The normalized spacial score (nSPS) is 10.3. The summed E-state index contributed by atoms with van der Waals surface area (Å²) < 4.78 is 0. The van der Waals surface area contributed by atoms with Crippen LogP contribution in [0.15, 0.2) is 48.7 Å². The summed E-state index contributed by atoms with van der Waals surface area (Å²) in [6, 6.07) is 13.3. The summed E-state index contributed by atoms with van der Waals surface area (Å²) in [5, 5.41) is 6.79. The van der Waals surface area contributed by atoms with Gasteiger partial charge in [0.25, 0.3) is 0 Å². The molecule has 1 aromatic carbocycles. The molecule has 1 aromatic heterocycles. The fraction of sp³-hybridized carbons (Fsp3) is 0.250. The van der Waals surface area contributed by atoms with Crippen molar-refractivity contribution in [3.05, 3.63) is 64.9 Å². The summed E-state index contributed by atoms with van der Waals surface area (Å²) in [7, 11) is 0. The number of nitrogens with zero attached hydrogens (tertiary/aromatic N) is 1. The number of halogens is 1. The van der Waals surface area contributed by atoms with Crippen molar-refractivity contribution in [1.29, 1.82) is 0 Å². The Hall–Kier alpha value is -1.91. The Bertz CT molecular complexity index is 575. The highest BCUT2D eigenvalue weighted by atomic mass is 35.5. The molecule has 2 rings (SSSR count). The number of hydrogen-bond donors (Lipinski definition) is 2. The molecule has 0 unspecified atom stereocenters. The Labute approximate surface area is 129 Å². The molecule has 0 bridgehead atoms. The molecule has 21 heavy (non-hydrogen) atoms. The van der Waals surface area contributed by atoms with Gasteiger partial charge in [0.1, 0.15) is 0 Å². The van der Waals surface area contributed by atoms with Gasteiger partial charge in [0.05, 0.1) is 12.2 Å². The number of benzene rings is 1. The average Bonchev–Trinajstić information content (AvgIpc) is 2.52.